The lowest BCUT2D eigenvalue weighted by Crippen LogP contribution is -2.43. The van der Waals surface area contributed by atoms with Crippen LogP contribution in [0.15, 0.2) is 29.2 Å². The summed E-state index contributed by atoms with van der Waals surface area (Å²) >= 11 is 0. The maximum Gasteiger partial charge on any atom is 0.197 e. The first-order valence-corrected chi connectivity index (χ1v) is 6.73. The van der Waals surface area contributed by atoms with Crippen LogP contribution >= 0.6 is 0 Å². The second-order valence-electron chi connectivity index (χ2n) is 4.28. The quantitative estimate of drug-likeness (QED) is 0.789. The van der Waals surface area contributed by atoms with Crippen molar-refractivity contribution in [2.75, 3.05) is 0 Å². The molecule has 0 saturated heterocycles. The molecule has 0 spiro atoms. The SMILES string of the molecule is Cc1ccc(S(=O)(=O)C2(C#N)CCC2)cc1. The predicted molar refractivity (Wildman–Crippen MR) is 60.6 cm³/mol. The first kappa shape index (κ1) is 11.2. The molecule has 1 saturated carbocycles. The fraction of sp³-hybridized carbons (Fsp3) is 0.417. The Kier molecular flexibility index (Phi) is 2.51. The highest BCUT2D eigenvalue weighted by Gasteiger charge is 2.50. The van der Waals surface area contributed by atoms with Crippen molar-refractivity contribution in [1.29, 1.82) is 5.26 Å². The van der Waals surface area contributed by atoms with Crippen molar-refractivity contribution in [2.45, 2.75) is 35.8 Å². The molecule has 1 aromatic carbocycles. The van der Waals surface area contributed by atoms with Gasteiger partial charge in [0.2, 0.25) is 0 Å². The molecule has 0 amide bonds. The van der Waals surface area contributed by atoms with Gasteiger partial charge >= 0.3 is 0 Å². The molecule has 1 aromatic rings. The van der Waals surface area contributed by atoms with E-state index in [1.165, 1.54) is 0 Å². The molecule has 0 unspecified atom stereocenters. The predicted octanol–water partition coefficient (Wildman–Crippen LogP) is 2.21. The zero-order chi connectivity index (χ0) is 11.8. The van der Waals surface area contributed by atoms with Gasteiger partial charge in [0.25, 0.3) is 0 Å². The Bertz CT molecular complexity index is 533. The third kappa shape index (κ3) is 1.43. The molecule has 4 heteroatoms. The van der Waals surface area contributed by atoms with E-state index in [0.29, 0.717) is 12.8 Å². The van der Waals surface area contributed by atoms with E-state index in [2.05, 4.69) is 0 Å². The fourth-order valence-corrected chi connectivity index (χ4v) is 3.77. The van der Waals surface area contributed by atoms with Crippen LogP contribution in [-0.4, -0.2) is 13.2 Å². The fourth-order valence-electron chi connectivity index (χ4n) is 1.88. The van der Waals surface area contributed by atoms with E-state index in [-0.39, 0.29) is 4.90 Å². The van der Waals surface area contributed by atoms with E-state index >= 15 is 0 Å². The minimum absolute atomic E-state index is 0.263. The summed E-state index contributed by atoms with van der Waals surface area (Å²) in [7, 11) is -3.49. The summed E-state index contributed by atoms with van der Waals surface area (Å²) in [6.45, 7) is 1.90. The molecule has 0 N–H and O–H groups in total. The number of sulfone groups is 1. The second kappa shape index (κ2) is 3.60. The van der Waals surface area contributed by atoms with Crippen LogP contribution in [0.4, 0.5) is 0 Å². The largest absolute Gasteiger partial charge is 0.222 e. The van der Waals surface area contributed by atoms with E-state index in [4.69, 9.17) is 5.26 Å². The van der Waals surface area contributed by atoms with E-state index in [1.807, 2.05) is 13.0 Å². The number of hydrogen-bond donors (Lipinski definition) is 0. The van der Waals surface area contributed by atoms with Crippen molar-refractivity contribution in [2.24, 2.45) is 0 Å². The van der Waals surface area contributed by atoms with Crippen molar-refractivity contribution in [3.8, 4) is 6.07 Å². The zero-order valence-electron chi connectivity index (χ0n) is 9.10. The molecular formula is C12H13NO2S. The average molecular weight is 235 g/mol. The molecule has 0 bridgehead atoms. The lowest BCUT2D eigenvalue weighted by molar-refractivity contribution is 0.406. The summed E-state index contributed by atoms with van der Waals surface area (Å²) in [5.41, 5.74) is 1.01. The first-order chi connectivity index (χ1) is 7.52. The minimum Gasteiger partial charge on any atom is -0.222 e. The Labute approximate surface area is 95.6 Å². The molecule has 2 rings (SSSR count). The van der Waals surface area contributed by atoms with Crippen LogP contribution in [0, 0.1) is 18.3 Å². The van der Waals surface area contributed by atoms with Gasteiger partial charge in [0.1, 0.15) is 0 Å². The average Bonchev–Trinajstić information content (AvgIpc) is 2.17. The van der Waals surface area contributed by atoms with Gasteiger partial charge in [0.05, 0.1) is 11.0 Å². The Morgan fingerprint density at radius 2 is 1.81 bits per heavy atom. The Morgan fingerprint density at radius 3 is 2.19 bits per heavy atom. The van der Waals surface area contributed by atoms with Gasteiger partial charge in [-0.25, -0.2) is 8.42 Å². The highest BCUT2D eigenvalue weighted by molar-refractivity contribution is 7.93. The zero-order valence-corrected chi connectivity index (χ0v) is 9.92. The summed E-state index contributed by atoms with van der Waals surface area (Å²) in [4.78, 5) is 0.263. The first-order valence-electron chi connectivity index (χ1n) is 5.24. The van der Waals surface area contributed by atoms with Gasteiger partial charge in [-0.3, -0.25) is 0 Å². The van der Waals surface area contributed by atoms with Crippen LogP contribution in [-0.2, 0) is 9.84 Å². The highest BCUT2D eigenvalue weighted by atomic mass is 32.2. The van der Waals surface area contributed by atoms with Crippen LogP contribution in [0.25, 0.3) is 0 Å². The molecule has 16 heavy (non-hydrogen) atoms. The topological polar surface area (TPSA) is 57.9 Å². The number of hydrogen-bond acceptors (Lipinski definition) is 3. The molecule has 0 atom stereocenters. The van der Waals surface area contributed by atoms with Crippen molar-refractivity contribution >= 4 is 9.84 Å². The summed E-state index contributed by atoms with van der Waals surface area (Å²) in [6, 6.07) is 8.67. The number of rotatable bonds is 2. The summed E-state index contributed by atoms with van der Waals surface area (Å²) < 4.78 is 23.3. The third-order valence-corrected chi connectivity index (χ3v) is 5.63. The van der Waals surface area contributed by atoms with Crippen LogP contribution in [0.1, 0.15) is 24.8 Å². The maximum absolute atomic E-state index is 12.3. The van der Waals surface area contributed by atoms with Gasteiger partial charge in [0, 0.05) is 0 Å². The third-order valence-electron chi connectivity index (χ3n) is 3.21. The van der Waals surface area contributed by atoms with Gasteiger partial charge in [-0.1, -0.05) is 17.7 Å². The lowest BCUT2D eigenvalue weighted by atomic mass is 9.86. The molecule has 1 fully saturated rings. The van der Waals surface area contributed by atoms with E-state index < -0.39 is 14.6 Å². The lowest BCUT2D eigenvalue weighted by Gasteiger charge is -2.34. The van der Waals surface area contributed by atoms with Crippen molar-refractivity contribution in [1.82, 2.24) is 0 Å². The van der Waals surface area contributed by atoms with Gasteiger partial charge in [-0.15, -0.1) is 0 Å². The van der Waals surface area contributed by atoms with Crippen LogP contribution < -0.4 is 0 Å². The molecule has 0 aromatic heterocycles. The Morgan fingerprint density at radius 1 is 1.25 bits per heavy atom. The number of nitrogens with zero attached hydrogens (tertiary/aromatic N) is 1. The number of benzene rings is 1. The Hall–Kier alpha value is -1.34. The standard InChI is InChI=1S/C12H13NO2S/c1-10-3-5-11(6-4-10)16(14,15)12(9-13)7-2-8-12/h3-6H,2,7-8H2,1H3. The van der Waals surface area contributed by atoms with Gasteiger partial charge in [-0.05, 0) is 38.3 Å². The number of aryl methyl sites for hydroxylation is 1. The van der Waals surface area contributed by atoms with Crippen LogP contribution in [0.3, 0.4) is 0 Å². The summed E-state index contributed by atoms with van der Waals surface area (Å²) in [6.07, 6.45) is 1.73. The minimum atomic E-state index is -3.49. The molecule has 1 aliphatic carbocycles. The molecule has 0 radical (unpaired) electrons. The van der Waals surface area contributed by atoms with Gasteiger partial charge in [0.15, 0.2) is 14.6 Å². The van der Waals surface area contributed by atoms with Crippen molar-refractivity contribution in [3.05, 3.63) is 29.8 Å². The Balaban J connectivity index is 2.48. The normalized spacial score (nSPS) is 18.5. The molecule has 0 aliphatic heterocycles. The molecule has 0 heterocycles. The van der Waals surface area contributed by atoms with Gasteiger partial charge < -0.3 is 0 Å². The van der Waals surface area contributed by atoms with E-state index in [9.17, 15) is 8.42 Å². The monoisotopic (exact) mass is 235 g/mol. The maximum atomic E-state index is 12.3. The molecule has 1 aliphatic rings. The van der Waals surface area contributed by atoms with Gasteiger partial charge in [-0.2, -0.15) is 5.26 Å². The van der Waals surface area contributed by atoms with Crippen LogP contribution in [0.5, 0.6) is 0 Å². The second-order valence-corrected chi connectivity index (χ2v) is 6.54. The highest BCUT2D eigenvalue weighted by Crippen LogP contribution is 2.42. The van der Waals surface area contributed by atoms with Crippen molar-refractivity contribution in [3.63, 3.8) is 0 Å². The van der Waals surface area contributed by atoms with E-state index in [0.717, 1.165) is 12.0 Å². The number of nitriles is 1. The molecular weight excluding hydrogens is 222 g/mol. The van der Waals surface area contributed by atoms with Crippen LogP contribution in [0.2, 0.25) is 0 Å². The van der Waals surface area contributed by atoms with E-state index in [1.54, 1.807) is 24.3 Å². The summed E-state index contributed by atoms with van der Waals surface area (Å²) in [5.74, 6) is 0. The van der Waals surface area contributed by atoms with Crippen molar-refractivity contribution < 1.29 is 8.42 Å². The summed E-state index contributed by atoms with van der Waals surface area (Å²) in [5, 5.41) is 9.06. The smallest absolute Gasteiger partial charge is 0.197 e. The molecule has 84 valence electrons. The molecule has 3 nitrogen and oxygen atoms in total.